The summed E-state index contributed by atoms with van der Waals surface area (Å²) in [7, 11) is 2.99. The predicted molar refractivity (Wildman–Crippen MR) is 139 cm³/mol. The number of H-pyrrole nitrogens is 1. The number of likely N-dealkylation sites (N-methyl/N-ethyl adjacent to an activating group) is 1. The lowest BCUT2D eigenvalue weighted by molar-refractivity contribution is -1.11. The number of nitrogens with one attached hydrogen (secondary N) is 1. The van der Waals surface area contributed by atoms with Gasteiger partial charge in [-0.15, -0.1) is 6.58 Å². The molecule has 3 aliphatic rings. The molecule has 0 unspecified atom stereocenters. The second-order valence-electron chi connectivity index (χ2n) is 10.8. The molecule has 1 saturated heterocycles. The predicted octanol–water partition coefficient (Wildman–Crippen LogP) is 0.639. The highest BCUT2D eigenvalue weighted by Gasteiger charge is 2.50. The number of hydrogen-bond acceptors (Lipinski definition) is 10. The molecule has 0 spiro atoms. The SMILES string of the molecule is C=C[C@H]1[C@H](O[C@@H]2O[C@H](CO)[C@@H](O)[C@H](O)[C@H]2O)OC=C(C(=O)OC)[C@H]1C[C@@H]1c2[nH]c3ccccc3c2CC[N@@+]1(C)O. The number of ether oxygens (including phenoxy) is 4. The van der Waals surface area contributed by atoms with Crippen molar-refractivity contribution in [2.24, 2.45) is 11.8 Å². The molecule has 0 radical (unpaired) electrons. The average Bonchev–Trinajstić information content (AvgIpc) is 3.33. The van der Waals surface area contributed by atoms with Crippen molar-refractivity contribution in [3.63, 3.8) is 0 Å². The van der Waals surface area contributed by atoms with Gasteiger partial charge in [-0.1, -0.05) is 24.3 Å². The van der Waals surface area contributed by atoms with E-state index in [0.717, 1.165) is 22.2 Å². The zero-order valence-corrected chi connectivity index (χ0v) is 22.4. The van der Waals surface area contributed by atoms with E-state index in [-0.39, 0.29) is 16.6 Å². The van der Waals surface area contributed by atoms with Gasteiger partial charge < -0.3 is 44.4 Å². The number of aromatic nitrogens is 1. The lowest BCUT2D eigenvalue weighted by Gasteiger charge is -2.44. The molecule has 2 aromatic rings. The summed E-state index contributed by atoms with van der Waals surface area (Å²) in [5, 5.41) is 53.0. The minimum Gasteiger partial charge on any atom is -0.471 e. The monoisotopic (exact) mass is 561 g/mol. The molecule has 0 saturated carbocycles. The Morgan fingerprint density at radius 1 is 1.20 bits per heavy atom. The van der Waals surface area contributed by atoms with Crippen LogP contribution in [0.2, 0.25) is 0 Å². The van der Waals surface area contributed by atoms with Gasteiger partial charge in [0.25, 0.3) is 0 Å². The lowest BCUT2D eigenvalue weighted by Crippen LogP contribution is -2.60. The summed E-state index contributed by atoms with van der Waals surface area (Å²) in [6.45, 7) is 3.78. The number of methoxy groups -OCH3 is 1. The molecule has 1 fully saturated rings. The van der Waals surface area contributed by atoms with E-state index in [1.807, 2.05) is 24.3 Å². The van der Waals surface area contributed by atoms with Crippen molar-refractivity contribution in [1.29, 1.82) is 0 Å². The van der Waals surface area contributed by atoms with Gasteiger partial charge >= 0.3 is 5.97 Å². The zero-order chi connectivity index (χ0) is 28.8. The molecule has 40 heavy (non-hydrogen) atoms. The minimum absolute atomic E-state index is 0.226. The van der Waals surface area contributed by atoms with Crippen molar-refractivity contribution in [2.75, 3.05) is 27.3 Å². The fraction of sp³-hybridized carbons (Fsp3) is 0.536. The van der Waals surface area contributed by atoms with E-state index in [1.54, 1.807) is 13.1 Å². The standard InChI is InChI=1S/C28H37N2O10/c1-4-14-17(11-20-22-16(9-10-30(20,2)36)15-7-5-6-8-19(15)29-22)18(26(35)37-3)13-38-27(14)40-28-25(34)24(33)23(32)21(12-31)39-28/h4-8,13-14,17,20-21,23-25,27-29,31-34,36H,1,9-12H2,2-3H3/q+1/t14-,17+,20-,21-,23-,24+,25-,27+,28+,30-/m1/s1. The molecule has 1 aromatic heterocycles. The topological polar surface area (TPSA) is 171 Å². The number of hydrogen-bond donors (Lipinski definition) is 6. The zero-order valence-electron chi connectivity index (χ0n) is 22.4. The molecule has 218 valence electrons. The van der Waals surface area contributed by atoms with Gasteiger partial charge in [-0.2, -0.15) is 4.65 Å². The Kier molecular flexibility index (Phi) is 8.06. The highest BCUT2D eigenvalue weighted by atomic mass is 16.8. The number of hydroxylamine groups is 3. The first kappa shape index (κ1) is 28.7. The summed E-state index contributed by atoms with van der Waals surface area (Å²) in [6.07, 6.45) is -4.81. The van der Waals surface area contributed by atoms with Crippen LogP contribution in [0.25, 0.3) is 10.9 Å². The number of para-hydroxylation sites is 1. The number of aliphatic hydroxyl groups is 4. The average molecular weight is 562 g/mol. The Hall–Kier alpha value is -2.81. The highest BCUT2D eigenvalue weighted by Crippen LogP contribution is 2.45. The molecule has 5 rings (SSSR count). The van der Waals surface area contributed by atoms with Crippen LogP contribution in [0.15, 0.2) is 48.8 Å². The van der Waals surface area contributed by atoms with Gasteiger partial charge in [0.2, 0.25) is 6.29 Å². The van der Waals surface area contributed by atoms with E-state index in [2.05, 4.69) is 11.6 Å². The summed E-state index contributed by atoms with van der Waals surface area (Å²) in [6, 6.07) is 7.48. The number of rotatable bonds is 7. The number of esters is 1. The van der Waals surface area contributed by atoms with E-state index in [4.69, 9.17) is 18.9 Å². The van der Waals surface area contributed by atoms with Gasteiger partial charge in [-0.3, -0.25) is 0 Å². The number of aliphatic hydroxyl groups excluding tert-OH is 4. The Balaban J connectivity index is 1.48. The third-order valence-electron chi connectivity index (χ3n) is 8.46. The Bertz CT molecular complexity index is 1270. The van der Waals surface area contributed by atoms with E-state index in [9.17, 15) is 30.4 Å². The molecule has 6 N–H and O–H groups in total. The summed E-state index contributed by atoms with van der Waals surface area (Å²) in [4.78, 5) is 16.3. The fourth-order valence-electron chi connectivity index (χ4n) is 6.16. The van der Waals surface area contributed by atoms with Crippen molar-refractivity contribution in [3.8, 4) is 0 Å². The Morgan fingerprint density at radius 2 is 1.95 bits per heavy atom. The molecule has 12 nitrogen and oxygen atoms in total. The molecule has 0 bridgehead atoms. The molecule has 10 atom stereocenters. The van der Waals surface area contributed by atoms with Gasteiger partial charge in [0, 0.05) is 35.6 Å². The third kappa shape index (κ3) is 4.95. The van der Waals surface area contributed by atoms with Crippen molar-refractivity contribution < 1.29 is 54.0 Å². The highest BCUT2D eigenvalue weighted by molar-refractivity contribution is 5.89. The minimum atomic E-state index is -1.64. The van der Waals surface area contributed by atoms with E-state index in [0.29, 0.717) is 13.0 Å². The van der Waals surface area contributed by atoms with Gasteiger partial charge in [-0.25, -0.2) is 10.0 Å². The van der Waals surface area contributed by atoms with Crippen LogP contribution in [0.5, 0.6) is 0 Å². The molecule has 0 aliphatic carbocycles. The molecule has 4 heterocycles. The van der Waals surface area contributed by atoms with Crippen LogP contribution < -0.4 is 0 Å². The second-order valence-corrected chi connectivity index (χ2v) is 10.8. The van der Waals surface area contributed by atoms with Crippen LogP contribution in [0.3, 0.4) is 0 Å². The van der Waals surface area contributed by atoms with Crippen molar-refractivity contribution in [1.82, 2.24) is 4.98 Å². The fourth-order valence-corrected chi connectivity index (χ4v) is 6.16. The normalized spacial score (nSPS) is 37.8. The van der Waals surface area contributed by atoms with Gasteiger partial charge in [-0.05, 0) is 11.6 Å². The van der Waals surface area contributed by atoms with E-state index >= 15 is 0 Å². The molecule has 12 heteroatoms. The number of carbonyl (C=O) groups is 1. The van der Waals surface area contributed by atoms with Gasteiger partial charge in [0.1, 0.15) is 31.0 Å². The Labute approximate surface area is 231 Å². The first-order chi connectivity index (χ1) is 19.1. The maximum atomic E-state index is 12.9. The second kappa shape index (κ2) is 11.2. The first-order valence-corrected chi connectivity index (χ1v) is 13.3. The molecule has 1 aromatic carbocycles. The summed E-state index contributed by atoms with van der Waals surface area (Å²) >= 11 is 0. The van der Waals surface area contributed by atoms with Crippen LogP contribution in [0.1, 0.15) is 23.7 Å². The summed E-state index contributed by atoms with van der Waals surface area (Å²) in [5.41, 5.74) is 3.18. The van der Waals surface area contributed by atoms with Crippen molar-refractivity contribution in [2.45, 2.75) is 55.9 Å². The van der Waals surface area contributed by atoms with Crippen molar-refractivity contribution in [3.05, 3.63) is 60.0 Å². The number of quaternary nitrogens is 1. The number of fused-ring (bicyclic) bond motifs is 3. The number of benzene rings is 1. The third-order valence-corrected chi connectivity index (χ3v) is 8.46. The largest absolute Gasteiger partial charge is 0.471 e. The molecular weight excluding hydrogens is 524 g/mol. The quantitative estimate of drug-likeness (QED) is 0.160. The lowest BCUT2D eigenvalue weighted by atomic mass is 9.77. The summed E-state index contributed by atoms with van der Waals surface area (Å²) in [5.74, 6) is -1.88. The van der Waals surface area contributed by atoms with Crippen LogP contribution in [-0.4, -0.2) is 106 Å². The molecular formula is C28H37N2O10+. The van der Waals surface area contributed by atoms with E-state index < -0.39 is 67.4 Å². The summed E-state index contributed by atoms with van der Waals surface area (Å²) < 4.78 is 21.9. The maximum absolute atomic E-state index is 12.9. The number of aromatic amines is 1. The molecule has 0 amide bonds. The van der Waals surface area contributed by atoms with Gasteiger partial charge in [0.05, 0.1) is 38.3 Å². The van der Waals surface area contributed by atoms with Crippen molar-refractivity contribution >= 4 is 16.9 Å². The Morgan fingerprint density at radius 3 is 2.65 bits per heavy atom. The molecule has 3 aliphatic heterocycles. The maximum Gasteiger partial charge on any atom is 0.337 e. The van der Waals surface area contributed by atoms with Gasteiger partial charge in [0.15, 0.2) is 12.3 Å². The number of nitrogens with zero attached hydrogens (tertiary/aromatic N) is 1. The van der Waals surface area contributed by atoms with Crippen LogP contribution >= 0.6 is 0 Å². The smallest absolute Gasteiger partial charge is 0.337 e. The van der Waals surface area contributed by atoms with Crippen LogP contribution in [-0.2, 0) is 30.2 Å². The first-order valence-electron chi connectivity index (χ1n) is 13.3. The van der Waals surface area contributed by atoms with Crippen LogP contribution in [0.4, 0.5) is 0 Å². The van der Waals surface area contributed by atoms with Crippen LogP contribution in [0, 0.1) is 11.8 Å². The number of carbonyl (C=O) groups excluding carboxylic acids is 1. The van der Waals surface area contributed by atoms with E-state index in [1.165, 1.54) is 13.4 Å².